The Bertz CT molecular complexity index is 967. The first-order valence-corrected chi connectivity index (χ1v) is 8.72. The van der Waals surface area contributed by atoms with E-state index in [1.807, 2.05) is 18.2 Å². The van der Waals surface area contributed by atoms with Gasteiger partial charge >= 0.3 is 6.03 Å². The number of hydrogen-bond acceptors (Lipinski definition) is 5. The monoisotopic (exact) mass is 366 g/mol. The van der Waals surface area contributed by atoms with Gasteiger partial charge in [-0.25, -0.2) is 14.2 Å². The summed E-state index contributed by atoms with van der Waals surface area (Å²) in [4.78, 5) is 26.5. The molecule has 8 heteroatoms. The SMILES string of the molecule is N[C@@H]1CCN(C(=O)Nc2cc3cc(-c4cnccn4)ccc3cn2)C[C@@H]1F. The van der Waals surface area contributed by atoms with Crippen molar-refractivity contribution in [2.24, 2.45) is 5.73 Å². The molecule has 1 aromatic carbocycles. The predicted molar refractivity (Wildman–Crippen MR) is 101 cm³/mol. The molecule has 7 nitrogen and oxygen atoms in total. The smallest absolute Gasteiger partial charge is 0.323 e. The van der Waals surface area contributed by atoms with Gasteiger partial charge in [-0.05, 0) is 23.9 Å². The first kappa shape index (κ1) is 17.3. The Kier molecular flexibility index (Phi) is 4.64. The van der Waals surface area contributed by atoms with Crippen LogP contribution in [0.25, 0.3) is 22.0 Å². The summed E-state index contributed by atoms with van der Waals surface area (Å²) in [5.74, 6) is 0.411. The van der Waals surface area contributed by atoms with Gasteiger partial charge in [0.1, 0.15) is 12.0 Å². The van der Waals surface area contributed by atoms with Crippen LogP contribution in [-0.4, -0.2) is 51.2 Å². The fourth-order valence-corrected chi connectivity index (χ4v) is 3.11. The second-order valence-corrected chi connectivity index (χ2v) is 6.57. The maximum Gasteiger partial charge on any atom is 0.323 e. The molecule has 0 aliphatic carbocycles. The normalized spacial score (nSPS) is 19.9. The molecule has 27 heavy (non-hydrogen) atoms. The summed E-state index contributed by atoms with van der Waals surface area (Å²) in [5.41, 5.74) is 7.35. The van der Waals surface area contributed by atoms with Gasteiger partial charge in [0.15, 0.2) is 0 Å². The van der Waals surface area contributed by atoms with Gasteiger partial charge in [0.2, 0.25) is 0 Å². The molecular formula is C19H19FN6O. The van der Waals surface area contributed by atoms with E-state index < -0.39 is 12.2 Å². The molecule has 138 valence electrons. The molecule has 0 radical (unpaired) electrons. The van der Waals surface area contributed by atoms with Crippen molar-refractivity contribution in [2.45, 2.75) is 18.6 Å². The van der Waals surface area contributed by atoms with Gasteiger partial charge in [0.25, 0.3) is 0 Å². The van der Waals surface area contributed by atoms with Crippen LogP contribution in [0.15, 0.2) is 49.1 Å². The van der Waals surface area contributed by atoms with Crippen LogP contribution in [0, 0.1) is 0 Å². The second-order valence-electron chi connectivity index (χ2n) is 6.57. The maximum absolute atomic E-state index is 13.8. The molecule has 3 heterocycles. The van der Waals surface area contributed by atoms with Crippen LogP contribution in [0.4, 0.5) is 15.0 Å². The highest BCUT2D eigenvalue weighted by molar-refractivity contribution is 5.93. The number of piperidine rings is 1. The number of urea groups is 1. The Morgan fingerprint density at radius 1 is 1.19 bits per heavy atom. The molecule has 2 atom stereocenters. The second kappa shape index (κ2) is 7.24. The quantitative estimate of drug-likeness (QED) is 0.727. The number of likely N-dealkylation sites (tertiary alicyclic amines) is 1. The van der Waals surface area contributed by atoms with E-state index in [1.54, 1.807) is 30.9 Å². The van der Waals surface area contributed by atoms with Crippen LogP contribution in [0.1, 0.15) is 6.42 Å². The number of alkyl halides is 1. The Morgan fingerprint density at radius 2 is 2.07 bits per heavy atom. The van der Waals surface area contributed by atoms with Crippen LogP contribution in [0.3, 0.4) is 0 Å². The van der Waals surface area contributed by atoms with E-state index >= 15 is 0 Å². The number of aromatic nitrogens is 3. The van der Waals surface area contributed by atoms with Gasteiger partial charge in [0, 0.05) is 42.1 Å². The van der Waals surface area contributed by atoms with Gasteiger partial charge in [-0.3, -0.25) is 15.3 Å². The number of benzene rings is 1. The fourth-order valence-electron chi connectivity index (χ4n) is 3.11. The lowest BCUT2D eigenvalue weighted by atomic mass is 10.0. The molecule has 0 spiro atoms. The first-order chi connectivity index (χ1) is 13.1. The zero-order valence-corrected chi connectivity index (χ0v) is 14.5. The highest BCUT2D eigenvalue weighted by Gasteiger charge is 2.29. The van der Waals surface area contributed by atoms with E-state index in [-0.39, 0.29) is 12.6 Å². The molecule has 0 unspecified atom stereocenters. The van der Waals surface area contributed by atoms with E-state index in [0.29, 0.717) is 18.8 Å². The average molecular weight is 366 g/mol. The highest BCUT2D eigenvalue weighted by Crippen LogP contribution is 2.24. The third kappa shape index (κ3) is 3.70. The van der Waals surface area contributed by atoms with Gasteiger partial charge in [-0.2, -0.15) is 0 Å². The zero-order chi connectivity index (χ0) is 18.8. The van der Waals surface area contributed by atoms with E-state index in [1.165, 1.54) is 4.90 Å². The lowest BCUT2D eigenvalue weighted by Crippen LogP contribution is -2.51. The fraction of sp³-hybridized carbons (Fsp3) is 0.263. The molecule has 2 amide bonds. The largest absolute Gasteiger partial charge is 0.325 e. The van der Waals surface area contributed by atoms with Crippen molar-refractivity contribution in [2.75, 3.05) is 18.4 Å². The number of fused-ring (bicyclic) bond motifs is 1. The topological polar surface area (TPSA) is 97.0 Å². The molecule has 1 aliphatic rings. The molecule has 3 N–H and O–H groups in total. The lowest BCUT2D eigenvalue weighted by Gasteiger charge is -2.32. The molecule has 0 bridgehead atoms. The highest BCUT2D eigenvalue weighted by atomic mass is 19.1. The minimum atomic E-state index is -1.20. The number of amides is 2. The number of nitrogens with two attached hydrogens (primary N) is 1. The van der Waals surface area contributed by atoms with Crippen molar-refractivity contribution >= 4 is 22.6 Å². The van der Waals surface area contributed by atoms with E-state index in [0.717, 1.165) is 22.0 Å². The number of halogens is 1. The maximum atomic E-state index is 13.8. The summed E-state index contributed by atoms with van der Waals surface area (Å²) in [6.07, 6.45) is 5.89. The first-order valence-electron chi connectivity index (χ1n) is 8.72. The molecule has 4 rings (SSSR count). The van der Waals surface area contributed by atoms with Crippen molar-refractivity contribution in [1.82, 2.24) is 19.9 Å². The molecule has 1 aliphatic heterocycles. The van der Waals surface area contributed by atoms with Gasteiger partial charge in [0.05, 0.1) is 18.4 Å². The molecule has 0 saturated carbocycles. The third-order valence-corrected chi connectivity index (χ3v) is 4.69. The number of carbonyl (C=O) groups excluding carboxylic acids is 1. The van der Waals surface area contributed by atoms with E-state index in [2.05, 4.69) is 20.3 Å². The molecule has 3 aromatic rings. The van der Waals surface area contributed by atoms with Crippen LogP contribution in [0.5, 0.6) is 0 Å². The van der Waals surface area contributed by atoms with Gasteiger partial charge in [-0.15, -0.1) is 0 Å². The Morgan fingerprint density at radius 3 is 2.85 bits per heavy atom. The number of hydrogen-bond donors (Lipinski definition) is 2. The van der Waals surface area contributed by atoms with Crippen LogP contribution >= 0.6 is 0 Å². The Balaban J connectivity index is 1.55. The van der Waals surface area contributed by atoms with E-state index in [9.17, 15) is 9.18 Å². The minimum Gasteiger partial charge on any atom is -0.325 e. The number of carbonyl (C=O) groups is 1. The summed E-state index contributed by atoms with van der Waals surface area (Å²) >= 11 is 0. The van der Waals surface area contributed by atoms with Crippen LogP contribution in [0.2, 0.25) is 0 Å². The average Bonchev–Trinajstić information content (AvgIpc) is 2.70. The standard InChI is InChI=1S/C19H19FN6O/c20-15-11-26(6-3-16(15)21)19(27)25-18-8-14-7-12(1-2-13(14)9-24-18)17-10-22-4-5-23-17/h1-2,4-5,7-10,15-16H,3,6,11,21H2,(H,24,25,27)/t15-,16+/m0/s1. The number of pyridine rings is 1. The Hall–Kier alpha value is -3.13. The van der Waals surface area contributed by atoms with Crippen molar-refractivity contribution < 1.29 is 9.18 Å². The van der Waals surface area contributed by atoms with Crippen molar-refractivity contribution in [3.05, 3.63) is 49.1 Å². The summed E-state index contributed by atoms with van der Waals surface area (Å²) in [5, 5.41) is 4.59. The summed E-state index contributed by atoms with van der Waals surface area (Å²) in [7, 11) is 0. The summed E-state index contributed by atoms with van der Waals surface area (Å²) < 4.78 is 13.8. The third-order valence-electron chi connectivity index (χ3n) is 4.69. The van der Waals surface area contributed by atoms with Crippen LogP contribution < -0.4 is 11.1 Å². The van der Waals surface area contributed by atoms with Gasteiger partial charge in [-0.1, -0.05) is 12.1 Å². The van der Waals surface area contributed by atoms with Crippen molar-refractivity contribution in [3.63, 3.8) is 0 Å². The number of anilines is 1. The predicted octanol–water partition coefficient (Wildman–Crippen LogP) is 2.59. The number of rotatable bonds is 2. The molecule has 1 fully saturated rings. The minimum absolute atomic E-state index is 0.00257. The van der Waals surface area contributed by atoms with Crippen molar-refractivity contribution in [1.29, 1.82) is 0 Å². The lowest BCUT2D eigenvalue weighted by molar-refractivity contribution is 0.137. The summed E-state index contributed by atoms with van der Waals surface area (Å²) in [6.45, 7) is 0.426. The Labute approximate surface area is 155 Å². The van der Waals surface area contributed by atoms with E-state index in [4.69, 9.17) is 5.73 Å². The van der Waals surface area contributed by atoms with Gasteiger partial charge < -0.3 is 10.6 Å². The zero-order valence-electron chi connectivity index (χ0n) is 14.5. The summed E-state index contributed by atoms with van der Waals surface area (Å²) in [6, 6.07) is 6.76. The van der Waals surface area contributed by atoms with Crippen LogP contribution in [-0.2, 0) is 0 Å². The molecule has 1 saturated heterocycles. The number of nitrogens with zero attached hydrogens (tertiary/aromatic N) is 4. The molecule has 2 aromatic heterocycles. The number of nitrogens with one attached hydrogen (secondary N) is 1. The van der Waals surface area contributed by atoms with Crippen molar-refractivity contribution in [3.8, 4) is 11.3 Å². The molecular weight excluding hydrogens is 347 g/mol.